The van der Waals surface area contributed by atoms with Crippen LogP contribution in [0.3, 0.4) is 0 Å². The minimum atomic E-state index is -0.337. The van der Waals surface area contributed by atoms with Crippen molar-refractivity contribution in [3.63, 3.8) is 0 Å². The molecule has 1 aliphatic heterocycles. The standard InChI is InChI=1S/C14H14O3/c1-2-16-13(15)9-8-12-6-3-5-11-7-4-10-17-14(11)12/h3-9H,2,10H2,1H3/b9-8+. The number of para-hydroxylation sites is 1. The van der Waals surface area contributed by atoms with Crippen molar-refractivity contribution in [2.45, 2.75) is 6.92 Å². The normalized spacial score (nSPS) is 13.2. The molecule has 0 bridgehead atoms. The first kappa shape index (κ1) is 11.5. The maximum Gasteiger partial charge on any atom is 0.330 e. The zero-order chi connectivity index (χ0) is 12.1. The number of hydrogen-bond acceptors (Lipinski definition) is 3. The Morgan fingerprint density at radius 2 is 2.41 bits per heavy atom. The number of hydrogen-bond donors (Lipinski definition) is 0. The van der Waals surface area contributed by atoms with Gasteiger partial charge >= 0.3 is 5.97 Å². The molecule has 88 valence electrons. The molecule has 0 aromatic heterocycles. The Labute approximate surface area is 100 Å². The van der Waals surface area contributed by atoms with E-state index < -0.39 is 0 Å². The average molecular weight is 230 g/mol. The molecule has 3 nitrogen and oxygen atoms in total. The third kappa shape index (κ3) is 2.75. The zero-order valence-electron chi connectivity index (χ0n) is 9.68. The Bertz CT molecular complexity index is 472. The van der Waals surface area contributed by atoms with E-state index in [0.29, 0.717) is 13.2 Å². The average Bonchev–Trinajstić information content (AvgIpc) is 2.36. The van der Waals surface area contributed by atoms with Crippen molar-refractivity contribution in [2.75, 3.05) is 13.2 Å². The highest BCUT2D eigenvalue weighted by molar-refractivity contribution is 5.88. The molecule has 3 heteroatoms. The van der Waals surface area contributed by atoms with Crippen LogP contribution in [-0.2, 0) is 9.53 Å². The maximum absolute atomic E-state index is 11.2. The van der Waals surface area contributed by atoms with E-state index in [2.05, 4.69) is 0 Å². The molecule has 0 aliphatic carbocycles. The highest BCUT2D eigenvalue weighted by Crippen LogP contribution is 2.28. The molecule has 0 atom stereocenters. The topological polar surface area (TPSA) is 35.5 Å². The van der Waals surface area contributed by atoms with Gasteiger partial charge < -0.3 is 9.47 Å². The van der Waals surface area contributed by atoms with Gasteiger partial charge in [-0.1, -0.05) is 24.3 Å². The van der Waals surface area contributed by atoms with Crippen LogP contribution in [0.25, 0.3) is 12.2 Å². The molecule has 0 unspecified atom stereocenters. The molecule has 1 aromatic rings. The highest BCUT2D eigenvalue weighted by Gasteiger charge is 2.08. The van der Waals surface area contributed by atoms with E-state index >= 15 is 0 Å². The summed E-state index contributed by atoms with van der Waals surface area (Å²) in [5.74, 6) is 0.479. The lowest BCUT2D eigenvalue weighted by Gasteiger charge is -2.14. The first-order chi connectivity index (χ1) is 8.31. The number of fused-ring (bicyclic) bond motifs is 1. The fraction of sp³-hybridized carbons (Fsp3) is 0.214. The maximum atomic E-state index is 11.2. The second-order valence-electron chi connectivity index (χ2n) is 3.56. The van der Waals surface area contributed by atoms with E-state index in [4.69, 9.17) is 9.47 Å². The predicted octanol–water partition coefficient (Wildman–Crippen LogP) is 2.67. The Morgan fingerprint density at radius 1 is 1.53 bits per heavy atom. The first-order valence-corrected chi connectivity index (χ1v) is 5.58. The summed E-state index contributed by atoms with van der Waals surface area (Å²) in [6.07, 6.45) is 7.11. The number of rotatable bonds is 3. The molecule has 0 radical (unpaired) electrons. The Balaban J connectivity index is 2.22. The number of esters is 1. The van der Waals surface area contributed by atoms with E-state index in [1.54, 1.807) is 13.0 Å². The fourth-order valence-electron chi connectivity index (χ4n) is 1.66. The molecule has 0 N–H and O–H groups in total. The third-order valence-electron chi connectivity index (χ3n) is 2.38. The van der Waals surface area contributed by atoms with Crippen molar-refractivity contribution >= 4 is 18.1 Å². The molecule has 2 rings (SSSR count). The Kier molecular flexibility index (Phi) is 3.60. The lowest BCUT2D eigenvalue weighted by Crippen LogP contribution is -2.02. The summed E-state index contributed by atoms with van der Waals surface area (Å²) in [6.45, 7) is 2.73. The summed E-state index contributed by atoms with van der Waals surface area (Å²) in [4.78, 5) is 11.2. The van der Waals surface area contributed by atoms with Crippen molar-refractivity contribution in [1.82, 2.24) is 0 Å². The summed E-state index contributed by atoms with van der Waals surface area (Å²) >= 11 is 0. The van der Waals surface area contributed by atoms with Crippen LogP contribution in [0.1, 0.15) is 18.1 Å². The molecular weight excluding hydrogens is 216 g/mol. The van der Waals surface area contributed by atoms with Crippen molar-refractivity contribution in [3.05, 3.63) is 41.5 Å². The second-order valence-corrected chi connectivity index (χ2v) is 3.56. The minimum Gasteiger partial charge on any atom is -0.488 e. The van der Waals surface area contributed by atoms with Gasteiger partial charge in [0.15, 0.2) is 0 Å². The van der Waals surface area contributed by atoms with Crippen LogP contribution in [-0.4, -0.2) is 19.2 Å². The predicted molar refractivity (Wildman–Crippen MR) is 66.6 cm³/mol. The van der Waals surface area contributed by atoms with Crippen molar-refractivity contribution in [3.8, 4) is 5.75 Å². The van der Waals surface area contributed by atoms with Gasteiger partial charge in [0.1, 0.15) is 12.4 Å². The number of ether oxygens (including phenoxy) is 2. The zero-order valence-corrected chi connectivity index (χ0v) is 9.68. The van der Waals surface area contributed by atoms with E-state index in [-0.39, 0.29) is 5.97 Å². The van der Waals surface area contributed by atoms with Crippen LogP contribution in [0.15, 0.2) is 30.4 Å². The van der Waals surface area contributed by atoms with Gasteiger partial charge in [-0.15, -0.1) is 0 Å². The van der Waals surface area contributed by atoms with Crippen LogP contribution in [0.2, 0.25) is 0 Å². The molecule has 0 spiro atoms. The van der Waals surface area contributed by atoms with Gasteiger partial charge in [0.25, 0.3) is 0 Å². The van der Waals surface area contributed by atoms with Crippen LogP contribution in [0, 0.1) is 0 Å². The largest absolute Gasteiger partial charge is 0.488 e. The molecule has 1 aromatic carbocycles. The van der Waals surface area contributed by atoms with Gasteiger partial charge in [0.05, 0.1) is 6.61 Å². The van der Waals surface area contributed by atoms with Crippen molar-refractivity contribution in [2.24, 2.45) is 0 Å². The molecular formula is C14H14O3. The molecule has 1 aliphatic rings. The molecule has 0 amide bonds. The molecule has 0 saturated carbocycles. The summed E-state index contributed by atoms with van der Waals surface area (Å²) in [7, 11) is 0. The highest BCUT2D eigenvalue weighted by atomic mass is 16.5. The lowest BCUT2D eigenvalue weighted by atomic mass is 10.1. The van der Waals surface area contributed by atoms with Crippen LogP contribution in [0.5, 0.6) is 5.75 Å². The fourth-order valence-corrected chi connectivity index (χ4v) is 1.66. The summed E-state index contributed by atoms with van der Waals surface area (Å²) in [5.41, 5.74) is 1.92. The van der Waals surface area contributed by atoms with E-state index in [1.165, 1.54) is 6.08 Å². The van der Waals surface area contributed by atoms with Gasteiger partial charge in [0.2, 0.25) is 0 Å². The third-order valence-corrected chi connectivity index (χ3v) is 2.38. The van der Waals surface area contributed by atoms with Gasteiger partial charge in [-0.25, -0.2) is 4.79 Å². The number of carbonyl (C=O) groups is 1. The van der Waals surface area contributed by atoms with Crippen molar-refractivity contribution in [1.29, 1.82) is 0 Å². The van der Waals surface area contributed by atoms with Crippen LogP contribution >= 0.6 is 0 Å². The molecule has 1 heterocycles. The molecule has 17 heavy (non-hydrogen) atoms. The number of benzene rings is 1. The SMILES string of the molecule is CCOC(=O)/C=C/c1cccc2c1OCC=C2. The monoisotopic (exact) mass is 230 g/mol. The minimum absolute atomic E-state index is 0.337. The molecule has 0 fully saturated rings. The summed E-state index contributed by atoms with van der Waals surface area (Å²) < 4.78 is 10.4. The Morgan fingerprint density at radius 3 is 3.24 bits per heavy atom. The van der Waals surface area contributed by atoms with Gasteiger partial charge in [0, 0.05) is 17.2 Å². The van der Waals surface area contributed by atoms with Crippen molar-refractivity contribution < 1.29 is 14.3 Å². The van der Waals surface area contributed by atoms with Gasteiger partial charge in [-0.05, 0) is 19.1 Å². The first-order valence-electron chi connectivity index (χ1n) is 5.58. The second kappa shape index (κ2) is 5.34. The van der Waals surface area contributed by atoms with Gasteiger partial charge in [-0.3, -0.25) is 0 Å². The smallest absolute Gasteiger partial charge is 0.330 e. The molecule has 0 saturated heterocycles. The van der Waals surface area contributed by atoms with E-state index in [9.17, 15) is 4.79 Å². The lowest BCUT2D eigenvalue weighted by molar-refractivity contribution is -0.137. The van der Waals surface area contributed by atoms with Crippen LogP contribution < -0.4 is 4.74 Å². The summed E-state index contributed by atoms with van der Waals surface area (Å²) in [6, 6.07) is 5.82. The van der Waals surface area contributed by atoms with Gasteiger partial charge in [-0.2, -0.15) is 0 Å². The number of carbonyl (C=O) groups excluding carboxylic acids is 1. The quantitative estimate of drug-likeness (QED) is 0.591. The Hall–Kier alpha value is -2.03. The van der Waals surface area contributed by atoms with E-state index in [0.717, 1.165) is 16.9 Å². The van der Waals surface area contributed by atoms with E-state index in [1.807, 2.05) is 30.4 Å². The summed E-state index contributed by atoms with van der Waals surface area (Å²) in [5, 5.41) is 0. The van der Waals surface area contributed by atoms with Crippen LogP contribution in [0.4, 0.5) is 0 Å².